The van der Waals surface area contributed by atoms with Crippen LogP contribution in [0.25, 0.3) is 0 Å². The Kier molecular flexibility index (Phi) is 5.31. The van der Waals surface area contributed by atoms with E-state index in [1.807, 2.05) is 11.4 Å². The standard InChI is InChI=1S/C10H15NO3S/c1-14-7-5-11(4-6-12)10(13)9-3-2-8-15-9/h2-3,8,12H,4-7H2,1H3. The van der Waals surface area contributed by atoms with E-state index in [1.54, 1.807) is 18.1 Å². The van der Waals surface area contributed by atoms with Crippen molar-refractivity contribution in [2.75, 3.05) is 33.4 Å². The molecule has 0 radical (unpaired) electrons. The summed E-state index contributed by atoms with van der Waals surface area (Å²) in [6.45, 7) is 1.31. The topological polar surface area (TPSA) is 49.8 Å². The van der Waals surface area contributed by atoms with Crippen molar-refractivity contribution in [1.82, 2.24) is 4.90 Å². The van der Waals surface area contributed by atoms with E-state index in [-0.39, 0.29) is 12.5 Å². The van der Waals surface area contributed by atoms with Gasteiger partial charge < -0.3 is 14.7 Å². The van der Waals surface area contributed by atoms with E-state index >= 15 is 0 Å². The Morgan fingerprint density at radius 3 is 2.93 bits per heavy atom. The van der Waals surface area contributed by atoms with Crippen LogP contribution in [0.1, 0.15) is 9.67 Å². The number of thiophene rings is 1. The lowest BCUT2D eigenvalue weighted by Crippen LogP contribution is -2.35. The normalized spacial score (nSPS) is 10.3. The first kappa shape index (κ1) is 12.2. The number of nitrogens with zero attached hydrogens (tertiary/aromatic N) is 1. The maximum atomic E-state index is 11.9. The van der Waals surface area contributed by atoms with E-state index in [0.29, 0.717) is 24.6 Å². The molecule has 0 bridgehead atoms. The average molecular weight is 229 g/mol. The molecule has 0 saturated carbocycles. The minimum atomic E-state index is -0.0453. The van der Waals surface area contributed by atoms with Gasteiger partial charge in [-0.25, -0.2) is 0 Å². The maximum absolute atomic E-state index is 11.9. The third kappa shape index (κ3) is 3.62. The zero-order chi connectivity index (χ0) is 11.1. The molecule has 0 saturated heterocycles. The summed E-state index contributed by atoms with van der Waals surface area (Å²) in [4.78, 5) is 14.2. The van der Waals surface area contributed by atoms with Crippen molar-refractivity contribution < 1.29 is 14.6 Å². The molecule has 4 nitrogen and oxygen atoms in total. The number of amides is 1. The number of hydrogen-bond donors (Lipinski definition) is 1. The Labute approximate surface area is 93.1 Å². The molecule has 1 rings (SSSR count). The summed E-state index contributed by atoms with van der Waals surface area (Å²) in [6.07, 6.45) is 0. The van der Waals surface area contributed by atoms with Gasteiger partial charge in [-0.3, -0.25) is 4.79 Å². The lowest BCUT2D eigenvalue weighted by atomic mass is 10.4. The Hall–Kier alpha value is -0.910. The van der Waals surface area contributed by atoms with E-state index in [2.05, 4.69) is 0 Å². The first-order chi connectivity index (χ1) is 7.29. The van der Waals surface area contributed by atoms with Crippen molar-refractivity contribution in [1.29, 1.82) is 0 Å². The van der Waals surface area contributed by atoms with E-state index in [9.17, 15) is 4.79 Å². The van der Waals surface area contributed by atoms with Gasteiger partial charge in [0.2, 0.25) is 0 Å². The molecule has 0 aromatic carbocycles. The van der Waals surface area contributed by atoms with E-state index < -0.39 is 0 Å². The summed E-state index contributed by atoms with van der Waals surface area (Å²) in [5.41, 5.74) is 0. The van der Waals surface area contributed by atoms with Crippen molar-refractivity contribution in [2.45, 2.75) is 0 Å². The zero-order valence-electron chi connectivity index (χ0n) is 8.68. The first-order valence-corrected chi connectivity index (χ1v) is 5.60. The molecule has 84 valence electrons. The van der Waals surface area contributed by atoms with Gasteiger partial charge in [0.1, 0.15) is 0 Å². The van der Waals surface area contributed by atoms with Gasteiger partial charge in [0.05, 0.1) is 18.1 Å². The smallest absolute Gasteiger partial charge is 0.264 e. The van der Waals surface area contributed by atoms with Gasteiger partial charge in [0, 0.05) is 20.2 Å². The van der Waals surface area contributed by atoms with Gasteiger partial charge in [-0.1, -0.05) is 6.07 Å². The second-order valence-electron chi connectivity index (χ2n) is 2.99. The predicted octanol–water partition coefficient (Wildman–Crippen LogP) is 0.829. The fourth-order valence-electron chi connectivity index (χ4n) is 1.19. The first-order valence-electron chi connectivity index (χ1n) is 4.72. The molecule has 1 heterocycles. The molecule has 15 heavy (non-hydrogen) atoms. The number of methoxy groups -OCH3 is 1. The van der Waals surface area contributed by atoms with Crippen molar-refractivity contribution in [3.8, 4) is 0 Å². The van der Waals surface area contributed by atoms with Crippen molar-refractivity contribution in [2.24, 2.45) is 0 Å². The molecular weight excluding hydrogens is 214 g/mol. The molecular formula is C10H15NO3S. The number of hydrogen-bond acceptors (Lipinski definition) is 4. The molecule has 1 aromatic rings. The monoisotopic (exact) mass is 229 g/mol. The highest BCUT2D eigenvalue weighted by Crippen LogP contribution is 2.11. The quantitative estimate of drug-likeness (QED) is 0.786. The Balaban J connectivity index is 2.58. The largest absolute Gasteiger partial charge is 0.395 e. The molecule has 5 heteroatoms. The molecule has 1 aromatic heterocycles. The highest BCUT2D eigenvalue weighted by atomic mass is 32.1. The number of aliphatic hydroxyl groups excluding tert-OH is 1. The molecule has 0 aliphatic carbocycles. The summed E-state index contributed by atoms with van der Waals surface area (Å²) in [7, 11) is 1.59. The number of ether oxygens (including phenoxy) is 1. The van der Waals surface area contributed by atoms with E-state index in [0.717, 1.165) is 0 Å². The van der Waals surface area contributed by atoms with Crippen molar-refractivity contribution in [3.63, 3.8) is 0 Å². The van der Waals surface area contributed by atoms with Gasteiger partial charge in [-0.05, 0) is 11.4 Å². The van der Waals surface area contributed by atoms with Crippen LogP contribution in [0.5, 0.6) is 0 Å². The van der Waals surface area contributed by atoms with Crippen molar-refractivity contribution >= 4 is 17.2 Å². The van der Waals surface area contributed by atoms with Crippen LogP contribution in [0, 0.1) is 0 Å². The zero-order valence-corrected chi connectivity index (χ0v) is 9.50. The lowest BCUT2D eigenvalue weighted by Gasteiger charge is -2.20. The lowest BCUT2D eigenvalue weighted by molar-refractivity contribution is 0.0661. The van der Waals surface area contributed by atoms with Crippen LogP contribution in [0.4, 0.5) is 0 Å². The Bertz CT molecular complexity index is 287. The summed E-state index contributed by atoms with van der Waals surface area (Å²) in [5.74, 6) is -0.0453. The molecule has 0 aliphatic rings. The van der Waals surface area contributed by atoms with Gasteiger partial charge in [-0.15, -0.1) is 11.3 Å². The number of carbonyl (C=O) groups is 1. The second-order valence-corrected chi connectivity index (χ2v) is 3.93. The van der Waals surface area contributed by atoms with Crippen LogP contribution < -0.4 is 0 Å². The van der Waals surface area contributed by atoms with E-state index in [4.69, 9.17) is 9.84 Å². The van der Waals surface area contributed by atoms with Crippen LogP contribution in [0.2, 0.25) is 0 Å². The number of rotatable bonds is 6. The van der Waals surface area contributed by atoms with Gasteiger partial charge in [-0.2, -0.15) is 0 Å². The maximum Gasteiger partial charge on any atom is 0.264 e. The summed E-state index contributed by atoms with van der Waals surface area (Å²) in [5, 5.41) is 10.7. The van der Waals surface area contributed by atoms with Crippen LogP contribution in [-0.4, -0.2) is 49.3 Å². The number of aliphatic hydroxyl groups is 1. The SMILES string of the molecule is COCCN(CCO)C(=O)c1cccs1. The molecule has 1 amide bonds. The highest BCUT2D eigenvalue weighted by molar-refractivity contribution is 7.12. The summed E-state index contributed by atoms with van der Waals surface area (Å²) < 4.78 is 4.91. The fourth-order valence-corrected chi connectivity index (χ4v) is 1.88. The van der Waals surface area contributed by atoms with Crippen LogP contribution in [0.15, 0.2) is 17.5 Å². The molecule has 0 aliphatic heterocycles. The van der Waals surface area contributed by atoms with Crippen LogP contribution >= 0.6 is 11.3 Å². The summed E-state index contributed by atoms with van der Waals surface area (Å²) in [6, 6.07) is 3.62. The molecule has 1 N–H and O–H groups in total. The average Bonchev–Trinajstić information content (AvgIpc) is 2.76. The minimum absolute atomic E-state index is 0.0270. The second kappa shape index (κ2) is 6.55. The van der Waals surface area contributed by atoms with Crippen LogP contribution in [0.3, 0.4) is 0 Å². The molecule has 0 fully saturated rings. The molecule has 0 spiro atoms. The van der Waals surface area contributed by atoms with Crippen LogP contribution in [-0.2, 0) is 4.74 Å². The van der Waals surface area contributed by atoms with Gasteiger partial charge >= 0.3 is 0 Å². The highest BCUT2D eigenvalue weighted by Gasteiger charge is 2.15. The van der Waals surface area contributed by atoms with Crippen molar-refractivity contribution in [3.05, 3.63) is 22.4 Å². The minimum Gasteiger partial charge on any atom is -0.395 e. The van der Waals surface area contributed by atoms with E-state index in [1.165, 1.54) is 11.3 Å². The van der Waals surface area contributed by atoms with Gasteiger partial charge in [0.25, 0.3) is 5.91 Å². The fraction of sp³-hybridized carbons (Fsp3) is 0.500. The summed E-state index contributed by atoms with van der Waals surface area (Å²) >= 11 is 1.41. The van der Waals surface area contributed by atoms with Gasteiger partial charge in [0.15, 0.2) is 0 Å². The third-order valence-corrected chi connectivity index (χ3v) is 2.81. The Morgan fingerprint density at radius 1 is 1.60 bits per heavy atom. The number of carbonyl (C=O) groups excluding carboxylic acids is 1. The third-order valence-electron chi connectivity index (χ3n) is 1.95. The molecule has 0 atom stereocenters. The molecule has 0 unspecified atom stereocenters. The predicted molar refractivity (Wildman–Crippen MR) is 59.2 cm³/mol. The Morgan fingerprint density at radius 2 is 2.40 bits per heavy atom.